The number of hydrogen-bond acceptors (Lipinski definition) is 6. The second-order valence-corrected chi connectivity index (χ2v) is 5.35. The summed E-state index contributed by atoms with van der Waals surface area (Å²) in [4.78, 5) is 15.0. The molecule has 1 fully saturated rings. The number of likely N-dealkylation sites (N-methyl/N-ethyl adjacent to an activating group) is 1. The maximum atomic E-state index is 11.0. The largest absolute Gasteiger partial charge is 0.370 e. The number of hydrogen-bond donors (Lipinski definition) is 2. The minimum atomic E-state index is -0.391. The van der Waals surface area contributed by atoms with Gasteiger partial charge >= 0.3 is 0 Å². The number of piperidine rings is 1. The van der Waals surface area contributed by atoms with Crippen LogP contribution in [0.5, 0.6) is 0 Å². The standard InChI is InChI=1S/C13H21N5O2/c1-16(2)11-4-3-5-17(9-11)12-6-10(15-14)7-13(8-12)18(19)20/h6-8,11,15H,3-5,9,14H2,1-2H3. The third-order valence-electron chi connectivity index (χ3n) is 3.77. The number of nitrogen functional groups attached to an aromatic ring is 1. The van der Waals surface area contributed by atoms with Crippen molar-refractivity contribution in [3.8, 4) is 0 Å². The van der Waals surface area contributed by atoms with Crippen LogP contribution in [0.3, 0.4) is 0 Å². The van der Waals surface area contributed by atoms with Gasteiger partial charge in [-0.3, -0.25) is 16.0 Å². The van der Waals surface area contributed by atoms with E-state index in [1.165, 1.54) is 6.07 Å². The highest BCUT2D eigenvalue weighted by atomic mass is 16.6. The van der Waals surface area contributed by atoms with Crippen molar-refractivity contribution < 1.29 is 4.92 Å². The van der Waals surface area contributed by atoms with Gasteiger partial charge in [0.25, 0.3) is 5.69 Å². The number of nitrogens with zero attached hydrogens (tertiary/aromatic N) is 3. The number of hydrazine groups is 1. The molecule has 7 nitrogen and oxygen atoms in total. The minimum absolute atomic E-state index is 0.0578. The average Bonchev–Trinajstić information content (AvgIpc) is 2.46. The second-order valence-electron chi connectivity index (χ2n) is 5.35. The molecule has 1 saturated heterocycles. The summed E-state index contributed by atoms with van der Waals surface area (Å²) < 4.78 is 0. The van der Waals surface area contributed by atoms with Crippen LogP contribution in [-0.4, -0.2) is 43.0 Å². The quantitative estimate of drug-likeness (QED) is 0.492. The highest BCUT2D eigenvalue weighted by Crippen LogP contribution is 2.29. The van der Waals surface area contributed by atoms with E-state index in [2.05, 4.69) is 29.3 Å². The van der Waals surface area contributed by atoms with Gasteiger partial charge in [0.1, 0.15) is 0 Å². The van der Waals surface area contributed by atoms with Gasteiger partial charge in [0.2, 0.25) is 0 Å². The van der Waals surface area contributed by atoms with Crippen molar-refractivity contribution in [2.75, 3.05) is 37.5 Å². The Bertz CT molecular complexity index is 492. The molecule has 0 radical (unpaired) electrons. The van der Waals surface area contributed by atoms with Gasteiger partial charge in [-0.25, -0.2) is 0 Å². The number of benzene rings is 1. The first kappa shape index (κ1) is 14.5. The first-order valence-electron chi connectivity index (χ1n) is 6.68. The number of nitrogens with one attached hydrogen (secondary N) is 1. The molecule has 0 spiro atoms. The van der Waals surface area contributed by atoms with Crippen LogP contribution < -0.4 is 16.2 Å². The average molecular weight is 279 g/mol. The summed E-state index contributed by atoms with van der Waals surface area (Å²) in [5.74, 6) is 5.39. The Morgan fingerprint density at radius 2 is 2.20 bits per heavy atom. The second kappa shape index (κ2) is 6.06. The molecule has 0 amide bonds. The first-order valence-corrected chi connectivity index (χ1v) is 6.68. The molecule has 1 unspecified atom stereocenters. The SMILES string of the molecule is CN(C)C1CCCN(c2cc(NN)cc([N+](=O)[O-])c2)C1. The Labute approximate surface area is 118 Å². The lowest BCUT2D eigenvalue weighted by Crippen LogP contribution is -2.45. The van der Waals surface area contributed by atoms with E-state index in [1.807, 2.05) is 6.07 Å². The maximum absolute atomic E-state index is 11.0. The molecule has 7 heteroatoms. The van der Waals surface area contributed by atoms with Crippen LogP contribution in [0.25, 0.3) is 0 Å². The van der Waals surface area contributed by atoms with Crippen LogP contribution in [0.15, 0.2) is 18.2 Å². The Morgan fingerprint density at radius 1 is 1.45 bits per heavy atom. The van der Waals surface area contributed by atoms with E-state index in [0.29, 0.717) is 11.7 Å². The molecule has 1 heterocycles. The van der Waals surface area contributed by atoms with E-state index in [0.717, 1.165) is 31.6 Å². The lowest BCUT2D eigenvalue weighted by Gasteiger charge is -2.37. The summed E-state index contributed by atoms with van der Waals surface area (Å²) >= 11 is 0. The van der Waals surface area contributed by atoms with E-state index in [1.54, 1.807) is 6.07 Å². The van der Waals surface area contributed by atoms with Crippen LogP contribution in [0.2, 0.25) is 0 Å². The fourth-order valence-corrected chi connectivity index (χ4v) is 2.58. The van der Waals surface area contributed by atoms with Crippen molar-refractivity contribution in [3.63, 3.8) is 0 Å². The minimum Gasteiger partial charge on any atom is -0.370 e. The lowest BCUT2D eigenvalue weighted by atomic mass is 10.0. The van der Waals surface area contributed by atoms with Crippen molar-refractivity contribution >= 4 is 17.1 Å². The third kappa shape index (κ3) is 3.17. The summed E-state index contributed by atoms with van der Waals surface area (Å²) in [6.07, 6.45) is 2.23. The smallest absolute Gasteiger partial charge is 0.273 e. The molecule has 2 rings (SSSR count). The number of non-ortho nitro benzene ring substituents is 1. The number of nitrogens with two attached hydrogens (primary N) is 1. The zero-order chi connectivity index (χ0) is 14.7. The van der Waals surface area contributed by atoms with E-state index in [4.69, 9.17) is 5.84 Å². The molecule has 1 aliphatic heterocycles. The van der Waals surface area contributed by atoms with Crippen LogP contribution in [0.4, 0.5) is 17.1 Å². The molecule has 3 N–H and O–H groups in total. The Hall–Kier alpha value is -1.86. The molecule has 0 bridgehead atoms. The molecule has 110 valence electrons. The molecule has 0 saturated carbocycles. The molecule has 0 aromatic heterocycles. The van der Waals surface area contributed by atoms with Crippen molar-refractivity contribution in [1.29, 1.82) is 0 Å². The van der Waals surface area contributed by atoms with Gasteiger partial charge in [-0.1, -0.05) is 0 Å². The van der Waals surface area contributed by atoms with Crippen LogP contribution in [0.1, 0.15) is 12.8 Å². The van der Waals surface area contributed by atoms with Gasteiger partial charge < -0.3 is 15.2 Å². The van der Waals surface area contributed by atoms with Gasteiger partial charge in [0, 0.05) is 37.0 Å². The third-order valence-corrected chi connectivity index (χ3v) is 3.77. The predicted octanol–water partition coefficient (Wildman–Crippen LogP) is 1.41. The van der Waals surface area contributed by atoms with Gasteiger partial charge in [-0.05, 0) is 33.0 Å². The highest BCUT2D eigenvalue weighted by Gasteiger charge is 2.23. The number of rotatable bonds is 4. The molecule has 1 aromatic rings. The fourth-order valence-electron chi connectivity index (χ4n) is 2.58. The van der Waals surface area contributed by atoms with E-state index < -0.39 is 4.92 Å². The van der Waals surface area contributed by atoms with Crippen LogP contribution in [-0.2, 0) is 0 Å². The lowest BCUT2D eigenvalue weighted by molar-refractivity contribution is -0.384. The zero-order valence-electron chi connectivity index (χ0n) is 11.9. The number of nitro benzene ring substituents is 1. The summed E-state index contributed by atoms with van der Waals surface area (Å²) in [5.41, 5.74) is 3.95. The molecule has 1 aliphatic rings. The van der Waals surface area contributed by atoms with Crippen molar-refractivity contribution in [2.45, 2.75) is 18.9 Å². The van der Waals surface area contributed by atoms with Gasteiger partial charge in [0.15, 0.2) is 0 Å². The number of anilines is 2. The first-order chi connectivity index (χ1) is 9.51. The summed E-state index contributed by atoms with van der Waals surface area (Å²) in [6, 6.07) is 5.37. The highest BCUT2D eigenvalue weighted by molar-refractivity contribution is 5.64. The van der Waals surface area contributed by atoms with Gasteiger partial charge in [-0.2, -0.15) is 0 Å². The zero-order valence-corrected chi connectivity index (χ0v) is 11.9. The summed E-state index contributed by atoms with van der Waals surface area (Å²) in [6.45, 7) is 1.79. The molecular weight excluding hydrogens is 258 g/mol. The van der Waals surface area contributed by atoms with Crippen LogP contribution in [0, 0.1) is 10.1 Å². The normalized spacial score (nSPS) is 19.2. The Kier molecular flexibility index (Phi) is 4.41. The van der Waals surface area contributed by atoms with Crippen molar-refractivity contribution in [3.05, 3.63) is 28.3 Å². The van der Waals surface area contributed by atoms with Crippen LogP contribution >= 0.6 is 0 Å². The molecular formula is C13H21N5O2. The topological polar surface area (TPSA) is 87.7 Å². The summed E-state index contributed by atoms with van der Waals surface area (Å²) in [5, 5.41) is 11.0. The monoisotopic (exact) mass is 279 g/mol. The van der Waals surface area contributed by atoms with Crippen molar-refractivity contribution in [2.24, 2.45) is 5.84 Å². The predicted molar refractivity (Wildman–Crippen MR) is 79.8 cm³/mol. The molecule has 0 aliphatic carbocycles. The molecule has 20 heavy (non-hydrogen) atoms. The summed E-state index contributed by atoms with van der Waals surface area (Å²) in [7, 11) is 4.13. The maximum Gasteiger partial charge on any atom is 0.273 e. The number of nitro groups is 1. The van der Waals surface area contributed by atoms with E-state index >= 15 is 0 Å². The molecule has 1 atom stereocenters. The van der Waals surface area contributed by atoms with Gasteiger partial charge in [0.05, 0.1) is 10.6 Å². The Balaban J connectivity index is 2.26. The van der Waals surface area contributed by atoms with E-state index in [-0.39, 0.29) is 5.69 Å². The van der Waals surface area contributed by atoms with Crippen molar-refractivity contribution in [1.82, 2.24) is 4.90 Å². The van der Waals surface area contributed by atoms with Gasteiger partial charge in [-0.15, -0.1) is 0 Å². The van der Waals surface area contributed by atoms with E-state index in [9.17, 15) is 10.1 Å². The fraction of sp³-hybridized carbons (Fsp3) is 0.538. The molecule has 1 aromatic carbocycles. The Morgan fingerprint density at radius 3 is 2.80 bits per heavy atom.